The van der Waals surface area contributed by atoms with Crippen molar-refractivity contribution in [2.45, 2.75) is 45.1 Å². The summed E-state index contributed by atoms with van der Waals surface area (Å²) >= 11 is 0. The highest BCUT2D eigenvalue weighted by Gasteiger charge is 2.23. The van der Waals surface area contributed by atoms with Gasteiger partial charge in [-0.1, -0.05) is 32.6 Å². The summed E-state index contributed by atoms with van der Waals surface area (Å²) in [6.45, 7) is 11.6. The van der Waals surface area contributed by atoms with Crippen LogP contribution in [0.3, 0.4) is 0 Å². The zero-order chi connectivity index (χ0) is 14.0. The Morgan fingerprint density at radius 3 is 2.15 bits per heavy atom. The van der Waals surface area contributed by atoms with Crippen molar-refractivity contribution < 1.29 is 9.47 Å². The Balaban J connectivity index is 1.77. The van der Waals surface area contributed by atoms with Crippen LogP contribution in [0.5, 0.6) is 0 Å². The summed E-state index contributed by atoms with van der Waals surface area (Å²) in [7, 11) is 0. The summed E-state index contributed by atoms with van der Waals surface area (Å²) in [4.78, 5) is 5.24. The van der Waals surface area contributed by atoms with Crippen molar-refractivity contribution in [3.05, 3.63) is 0 Å². The highest BCUT2D eigenvalue weighted by Crippen LogP contribution is 2.15. The van der Waals surface area contributed by atoms with Gasteiger partial charge in [-0.3, -0.25) is 9.80 Å². The normalized spacial score (nSPS) is 23.9. The van der Waals surface area contributed by atoms with Crippen LogP contribution in [0, 0.1) is 0 Å². The molecule has 0 spiro atoms. The molecule has 2 saturated heterocycles. The first-order chi connectivity index (χ1) is 9.90. The molecule has 0 radical (unpaired) electrons. The number of rotatable bonds is 8. The third kappa shape index (κ3) is 5.68. The van der Waals surface area contributed by atoms with Gasteiger partial charge in [-0.25, -0.2) is 0 Å². The third-order valence-electron chi connectivity index (χ3n) is 4.53. The molecule has 2 rings (SSSR count). The molecule has 4 heteroatoms. The lowest BCUT2D eigenvalue weighted by molar-refractivity contribution is -0.0114. The van der Waals surface area contributed by atoms with Crippen LogP contribution in [-0.4, -0.2) is 75.0 Å². The van der Waals surface area contributed by atoms with Crippen LogP contribution in [0.1, 0.15) is 39.0 Å². The fraction of sp³-hybridized carbons (Fsp3) is 1.00. The van der Waals surface area contributed by atoms with E-state index in [4.69, 9.17) is 9.47 Å². The molecule has 20 heavy (non-hydrogen) atoms. The van der Waals surface area contributed by atoms with Gasteiger partial charge in [-0.15, -0.1) is 0 Å². The van der Waals surface area contributed by atoms with E-state index >= 15 is 0 Å². The molecule has 0 aromatic carbocycles. The number of morpholine rings is 2. The molecular weight excluding hydrogens is 252 g/mol. The van der Waals surface area contributed by atoms with Crippen LogP contribution in [0.25, 0.3) is 0 Å². The number of nitrogens with zero attached hydrogens (tertiary/aromatic N) is 2. The Morgan fingerprint density at radius 1 is 0.850 bits per heavy atom. The fourth-order valence-electron chi connectivity index (χ4n) is 3.22. The summed E-state index contributed by atoms with van der Waals surface area (Å²) < 4.78 is 11.0. The van der Waals surface area contributed by atoms with Gasteiger partial charge in [0.2, 0.25) is 0 Å². The zero-order valence-corrected chi connectivity index (χ0v) is 13.2. The van der Waals surface area contributed by atoms with E-state index in [1.54, 1.807) is 0 Å². The quantitative estimate of drug-likeness (QED) is 0.636. The smallest absolute Gasteiger partial charge is 0.0594 e. The zero-order valence-electron chi connectivity index (χ0n) is 13.2. The van der Waals surface area contributed by atoms with Gasteiger partial charge >= 0.3 is 0 Å². The van der Waals surface area contributed by atoms with Crippen LogP contribution in [-0.2, 0) is 9.47 Å². The van der Waals surface area contributed by atoms with E-state index in [-0.39, 0.29) is 0 Å². The van der Waals surface area contributed by atoms with Gasteiger partial charge in [0, 0.05) is 38.8 Å². The molecule has 0 aromatic rings. The second kappa shape index (κ2) is 9.72. The number of unbranched alkanes of at least 4 members (excludes halogenated alkanes) is 3. The lowest BCUT2D eigenvalue weighted by Gasteiger charge is -2.38. The van der Waals surface area contributed by atoms with Crippen molar-refractivity contribution in [3.8, 4) is 0 Å². The minimum Gasteiger partial charge on any atom is -0.379 e. The van der Waals surface area contributed by atoms with E-state index in [9.17, 15) is 0 Å². The minimum atomic E-state index is 0.717. The van der Waals surface area contributed by atoms with Crippen LogP contribution < -0.4 is 0 Å². The van der Waals surface area contributed by atoms with Gasteiger partial charge in [0.1, 0.15) is 0 Å². The first kappa shape index (κ1) is 16.2. The average molecular weight is 284 g/mol. The van der Waals surface area contributed by atoms with E-state index in [0.29, 0.717) is 6.04 Å². The maximum absolute atomic E-state index is 5.51. The van der Waals surface area contributed by atoms with Crippen LogP contribution in [0.2, 0.25) is 0 Å². The number of ether oxygens (including phenoxy) is 2. The maximum Gasteiger partial charge on any atom is 0.0594 e. The van der Waals surface area contributed by atoms with Crippen LogP contribution in [0.15, 0.2) is 0 Å². The van der Waals surface area contributed by atoms with Crippen molar-refractivity contribution in [2.75, 3.05) is 59.2 Å². The van der Waals surface area contributed by atoms with E-state index < -0.39 is 0 Å². The molecule has 0 amide bonds. The van der Waals surface area contributed by atoms with Gasteiger partial charge in [-0.05, 0) is 6.42 Å². The average Bonchev–Trinajstić information content (AvgIpc) is 2.52. The molecule has 0 aromatic heterocycles. The van der Waals surface area contributed by atoms with E-state index in [1.807, 2.05) is 0 Å². The molecule has 0 unspecified atom stereocenters. The summed E-state index contributed by atoms with van der Waals surface area (Å²) in [5.41, 5.74) is 0. The van der Waals surface area contributed by atoms with E-state index in [1.165, 1.54) is 38.6 Å². The van der Waals surface area contributed by atoms with Gasteiger partial charge < -0.3 is 9.47 Å². The molecule has 2 aliphatic rings. The molecule has 2 heterocycles. The van der Waals surface area contributed by atoms with Gasteiger partial charge in [0.05, 0.1) is 26.4 Å². The molecule has 2 fully saturated rings. The lowest BCUT2D eigenvalue weighted by atomic mass is 10.0. The van der Waals surface area contributed by atoms with Crippen LogP contribution >= 0.6 is 0 Å². The molecule has 1 atom stereocenters. The molecule has 0 N–H and O–H groups in total. The second-order valence-corrected chi connectivity index (χ2v) is 6.06. The monoisotopic (exact) mass is 284 g/mol. The molecular formula is C16H32N2O2. The first-order valence-electron chi connectivity index (χ1n) is 8.52. The predicted molar refractivity (Wildman–Crippen MR) is 82.2 cm³/mol. The topological polar surface area (TPSA) is 24.9 Å². The van der Waals surface area contributed by atoms with Gasteiger partial charge in [-0.2, -0.15) is 0 Å². The maximum atomic E-state index is 5.51. The van der Waals surface area contributed by atoms with Gasteiger partial charge in [0.15, 0.2) is 0 Å². The van der Waals surface area contributed by atoms with Crippen LogP contribution in [0.4, 0.5) is 0 Å². The standard InChI is InChI=1S/C16H32N2O2/c1-2-3-4-5-6-16(18-9-13-20-14-10-18)15-17-7-11-19-12-8-17/h16H,2-15H2,1H3/t16-/m0/s1. The predicted octanol–water partition coefficient (Wildman–Crippen LogP) is 1.99. The molecule has 2 aliphatic heterocycles. The second-order valence-electron chi connectivity index (χ2n) is 6.06. The van der Waals surface area contributed by atoms with Crippen molar-refractivity contribution in [1.29, 1.82) is 0 Å². The van der Waals surface area contributed by atoms with Gasteiger partial charge in [0.25, 0.3) is 0 Å². The summed E-state index contributed by atoms with van der Waals surface area (Å²) in [5, 5.41) is 0. The largest absolute Gasteiger partial charge is 0.379 e. The summed E-state index contributed by atoms with van der Waals surface area (Å²) in [6, 6.07) is 0.717. The molecule has 0 saturated carbocycles. The summed E-state index contributed by atoms with van der Waals surface area (Å²) in [6.07, 6.45) is 6.82. The molecule has 0 bridgehead atoms. The first-order valence-corrected chi connectivity index (χ1v) is 8.52. The molecule has 4 nitrogen and oxygen atoms in total. The highest BCUT2D eigenvalue weighted by molar-refractivity contribution is 4.78. The Bertz CT molecular complexity index is 239. The number of hydrogen-bond acceptors (Lipinski definition) is 4. The van der Waals surface area contributed by atoms with Crippen molar-refractivity contribution in [1.82, 2.24) is 9.80 Å². The SMILES string of the molecule is CCCCCC[C@@H](CN1CCOCC1)N1CCOCC1. The van der Waals surface area contributed by atoms with Crippen molar-refractivity contribution in [3.63, 3.8) is 0 Å². The number of hydrogen-bond donors (Lipinski definition) is 0. The fourth-order valence-corrected chi connectivity index (χ4v) is 3.22. The highest BCUT2D eigenvalue weighted by atomic mass is 16.5. The van der Waals surface area contributed by atoms with Crippen molar-refractivity contribution >= 4 is 0 Å². The minimum absolute atomic E-state index is 0.717. The Labute approximate surface area is 124 Å². The summed E-state index contributed by atoms with van der Waals surface area (Å²) in [5.74, 6) is 0. The molecule has 118 valence electrons. The third-order valence-corrected chi connectivity index (χ3v) is 4.53. The lowest BCUT2D eigenvalue weighted by Crippen LogP contribution is -2.50. The molecule has 0 aliphatic carbocycles. The van der Waals surface area contributed by atoms with E-state index in [0.717, 1.165) is 52.6 Å². The Hall–Kier alpha value is -0.160. The van der Waals surface area contributed by atoms with E-state index in [2.05, 4.69) is 16.7 Å². The Morgan fingerprint density at radius 2 is 1.50 bits per heavy atom. The Kier molecular flexibility index (Phi) is 7.88. The van der Waals surface area contributed by atoms with Crippen molar-refractivity contribution in [2.24, 2.45) is 0 Å².